The molecule has 0 spiro atoms. The third-order valence-corrected chi connectivity index (χ3v) is 4.34. The van der Waals surface area contributed by atoms with Gasteiger partial charge >= 0.3 is 5.69 Å². The van der Waals surface area contributed by atoms with Crippen molar-refractivity contribution in [3.63, 3.8) is 0 Å². The lowest BCUT2D eigenvalue weighted by atomic mass is 10.1. The van der Waals surface area contributed by atoms with Gasteiger partial charge in [-0.25, -0.2) is 9.37 Å². The van der Waals surface area contributed by atoms with E-state index in [0.29, 0.717) is 43.1 Å². The summed E-state index contributed by atoms with van der Waals surface area (Å²) < 4.78 is 14.5. The molecule has 2 heterocycles. The molecule has 0 unspecified atom stereocenters. The standard InChI is InChI=1S/C17H20FN5O3/c1-19-16-5-4-15(23(25)26)17(21-16)20-11-2-3-14(13(18)10-11)22-8-6-12(24)7-9-22/h2-5,10,12,24H,6-9H2,1H3,(H2,19,20,21). The summed E-state index contributed by atoms with van der Waals surface area (Å²) in [6.45, 7) is 1.17. The van der Waals surface area contributed by atoms with Gasteiger partial charge in [0, 0.05) is 31.9 Å². The number of halogens is 1. The highest BCUT2D eigenvalue weighted by atomic mass is 19.1. The average Bonchev–Trinajstić information content (AvgIpc) is 2.62. The SMILES string of the molecule is CNc1ccc([N+](=O)[O-])c(Nc2ccc(N3CCC(O)CC3)c(F)c2)n1. The van der Waals surface area contributed by atoms with Crippen molar-refractivity contribution >= 4 is 28.7 Å². The maximum Gasteiger partial charge on any atom is 0.311 e. The first kappa shape index (κ1) is 17.9. The summed E-state index contributed by atoms with van der Waals surface area (Å²) in [7, 11) is 1.65. The van der Waals surface area contributed by atoms with Gasteiger partial charge in [-0.3, -0.25) is 10.1 Å². The number of rotatable bonds is 5. The van der Waals surface area contributed by atoms with Crippen LogP contribution in [-0.2, 0) is 0 Å². The molecule has 0 amide bonds. The van der Waals surface area contributed by atoms with E-state index in [2.05, 4.69) is 15.6 Å². The molecule has 1 aromatic heterocycles. The summed E-state index contributed by atoms with van der Waals surface area (Å²) in [5.74, 6) is 0.0657. The predicted octanol–water partition coefficient (Wildman–Crippen LogP) is 2.88. The first-order chi connectivity index (χ1) is 12.5. The van der Waals surface area contributed by atoms with Crippen molar-refractivity contribution in [3.05, 3.63) is 46.3 Å². The van der Waals surface area contributed by atoms with E-state index < -0.39 is 10.7 Å². The highest BCUT2D eigenvalue weighted by Gasteiger charge is 2.21. The molecule has 0 atom stereocenters. The number of nitro groups is 1. The zero-order valence-electron chi connectivity index (χ0n) is 14.3. The topological polar surface area (TPSA) is 104 Å². The highest BCUT2D eigenvalue weighted by Crippen LogP contribution is 2.30. The Morgan fingerprint density at radius 3 is 2.65 bits per heavy atom. The Morgan fingerprint density at radius 2 is 2.04 bits per heavy atom. The van der Waals surface area contributed by atoms with E-state index in [9.17, 15) is 19.6 Å². The van der Waals surface area contributed by atoms with Gasteiger partial charge in [-0.05, 0) is 37.1 Å². The van der Waals surface area contributed by atoms with E-state index in [1.807, 2.05) is 4.90 Å². The first-order valence-electron chi connectivity index (χ1n) is 8.30. The number of hydrogen-bond donors (Lipinski definition) is 3. The monoisotopic (exact) mass is 361 g/mol. The molecule has 1 aliphatic heterocycles. The molecule has 9 heteroatoms. The molecule has 0 saturated carbocycles. The number of hydrogen-bond acceptors (Lipinski definition) is 7. The number of pyridine rings is 1. The van der Waals surface area contributed by atoms with Crippen LogP contribution in [0.1, 0.15) is 12.8 Å². The Balaban J connectivity index is 1.83. The molecule has 8 nitrogen and oxygen atoms in total. The van der Waals surface area contributed by atoms with Gasteiger partial charge in [0.1, 0.15) is 11.6 Å². The van der Waals surface area contributed by atoms with E-state index >= 15 is 0 Å². The van der Waals surface area contributed by atoms with Crippen molar-refractivity contribution in [2.24, 2.45) is 0 Å². The zero-order chi connectivity index (χ0) is 18.7. The summed E-state index contributed by atoms with van der Waals surface area (Å²) in [6, 6.07) is 7.41. The molecule has 1 aromatic carbocycles. The molecule has 0 radical (unpaired) electrons. The molecule has 0 bridgehead atoms. The maximum atomic E-state index is 14.5. The lowest BCUT2D eigenvalue weighted by Crippen LogP contribution is -2.36. The number of aliphatic hydroxyl groups is 1. The molecular weight excluding hydrogens is 341 g/mol. The number of nitrogens with zero attached hydrogens (tertiary/aromatic N) is 3. The smallest absolute Gasteiger partial charge is 0.311 e. The fourth-order valence-electron chi connectivity index (χ4n) is 2.91. The lowest BCUT2D eigenvalue weighted by molar-refractivity contribution is -0.384. The van der Waals surface area contributed by atoms with E-state index in [1.54, 1.807) is 19.2 Å². The van der Waals surface area contributed by atoms with Crippen molar-refractivity contribution in [1.82, 2.24) is 4.98 Å². The van der Waals surface area contributed by atoms with Crippen LogP contribution in [0.25, 0.3) is 0 Å². The Hall–Kier alpha value is -2.94. The van der Waals surface area contributed by atoms with Crippen molar-refractivity contribution in [2.45, 2.75) is 18.9 Å². The molecule has 2 aromatic rings. The minimum atomic E-state index is -0.543. The zero-order valence-corrected chi connectivity index (χ0v) is 14.3. The van der Waals surface area contributed by atoms with Crippen LogP contribution < -0.4 is 15.5 Å². The fourth-order valence-corrected chi connectivity index (χ4v) is 2.91. The van der Waals surface area contributed by atoms with Gasteiger partial charge in [0.15, 0.2) is 0 Å². The predicted molar refractivity (Wildman–Crippen MR) is 97.6 cm³/mol. The second kappa shape index (κ2) is 7.52. The lowest BCUT2D eigenvalue weighted by Gasteiger charge is -2.31. The second-order valence-corrected chi connectivity index (χ2v) is 6.08. The Morgan fingerprint density at radius 1 is 1.31 bits per heavy atom. The summed E-state index contributed by atoms with van der Waals surface area (Å²) in [5, 5.41) is 26.4. The summed E-state index contributed by atoms with van der Waals surface area (Å²) in [5.41, 5.74) is 0.625. The molecule has 3 rings (SSSR count). The van der Waals surface area contributed by atoms with Crippen LogP contribution in [0.15, 0.2) is 30.3 Å². The molecule has 0 aliphatic carbocycles. The van der Waals surface area contributed by atoms with Crippen LogP contribution in [0.3, 0.4) is 0 Å². The van der Waals surface area contributed by atoms with Crippen molar-refractivity contribution in [1.29, 1.82) is 0 Å². The van der Waals surface area contributed by atoms with Gasteiger partial charge in [0.2, 0.25) is 5.82 Å². The quantitative estimate of drug-likeness (QED) is 0.556. The van der Waals surface area contributed by atoms with E-state index in [0.717, 1.165) is 0 Å². The number of benzene rings is 1. The normalized spacial score (nSPS) is 15.0. The first-order valence-corrected chi connectivity index (χ1v) is 8.30. The minimum Gasteiger partial charge on any atom is -0.393 e. The number of aromatic nitrogens is 1. The Labute approximate surface area is 149 Å². The van der Waals surface area contributed by atoms with Gasteiger partial charge in [0.25, 0.3) is 0 Å². The van der Waals surface area contributed by atoms with Crippen LogP contribution in [-0.4, -0.2) is 41.3 Å². The van der Waals surface area contributed by atoms with Crippen molar-refractivity contribution < 1.29 is 14.4 Å². The largest absolute Gasteiger partial charge is 0.393 e. The molecule has 1 fully saturated rings. The third kappa shape index (κ3) is 3.83. The van der Waals surface area contributed by atoms with E-state index in [1.165, 1.54) is 18.2 Å². The van der Waals surface area contributed by atoms with Crippen LogP contribution in [0.5, 0.6) is 0 Å². The summed E-state index contributed by atoms with van der Waals surface area (Å²) in [6.07, 6.45) is 0.875. The van der Waals surface area contributed by atoms with Crippen LogP contribution in [0, 0.1) is 15.9 Å². The van der Waals surface area contributed by atoms with Gasteiger partial charge in [0.05, 0.1) is 16.7 Å². The fraction of sp³-hybridized carbons (Fsp3) is 0.353. The van der Waals surface area contributed by atoms with Crippen LogP contribution >= 0.6 is 0 Å². The Kier molecular flexibility index (Phi) is 5.17. The summed E-state index contributed by atoms with van der Waals surface area (Å²) in [4.78, 5) is 16.6. The maximum absolute atomic E-state index is 14.5. The van der Waals surface area contributed by atoms with Crippen LogP contribution in [0.4, 0.5) is 33.1 Å². The molecule has 1 saturated heterocycles. The van der Waals surface area contributed by atoms with Crippen molar-refractivity contribution in [2.75, 3.05) is 35.7 Å². The average molecular weight is 361 g/mol. The van der Waals surface area contributed by atoms with Gasteiger partial charge < -0.3 is 20.6 Å². The minimum absolute atomic E-state index is 0.0371. The molecular formula is C17H20FN5O3. The number of anilines is 4. The third-order valence-electron chi connectivity index (χ3n) is 4.34. The summed E-state index contributed by atoms with van der Waals surface area (Å²) >= 11 is 0. The number of nitrogens with one attached hydrogen (secondary N) is 2. The number of piperidine rings is 1. The highest BCUT2D eigenvalue weighted by molar-refractivity contribution is 5.69. The molecule has 3 N–H and O–H groups in total. The second-order valence-electron chi connectivity index (χ2n) is 6.08. The molecule has 138 valence electrons. The van der Waals surface area contributed by atoms with Crippen LogP contribution in [0.2, 0.25) is 0 Å². The van der Waals surface area contributed by atoms with Gasteiger partial charge in [-0.1, -0.05) is 0 Å². The van der Waals surface area contributed by atoms with Gasteiger partial charge in [-0.15, -0.1) is 0 Å². The Bertz CT molecular complexity index is 809. The molecule has 1 aliphatic rings. The molecule has 26 heavy (non-hydrogen) atoms. The number of aliphatic hydroxyl groups excluding tert-OH is 1. The van der Waals surface area contributed by atoms with Crippen molar-refractivity contribution in [3.8, 4) is 0 Å². The van der Waals surface area contributed by atoms with E-state index in [4.69, 9.17) is 0 Å². The van der Waals surface area contributed by atoms with E-state index in [-0.39, 0.29) is 17.6 Å². The van der Waals surface area contributed by atoms with Gasteiger partial charge in [-0.2, -0.15) is 0 Å².